The highest BCUT2D eigenvalue weighted by Crippen LogP contribution is 2.35. The van der Waals surface area contributed by atoms with E-state index in [1.54, 1.807) is 18.5 Å². The maximum Gasteiger partial charge on any atom is 0.256 e. The first kappa shape index (κ1) is 21.8. The number of anilines is 2. The molecule has 1 fully saturated rings. The maximum absolute atomic E-state index is 15.2. The molecule has 2 aliphatic rings. The number of nitrogens with one attached hydrogen (secondary N) is 2. The monoisotopic (exact) mass is 466 g/mol. The molecule has 0 unspecified atom stereocenters. The van der Waals surface area contributed by atoms with E-state index in [0.29, 0.717) is 46.4 Å². The average Bonchev–Trinajstić information content (AvgIpc) is 3.38. The highest BCUT2D eigenvalue weighted by atomic mass is 32.1. The summed E-state index contributed by atoms with van der Waals surface area (Å²) in [4.78, 5) is 19.6. The molecule has 172 valence electrons. The number of halogens is 1. The Bertz CT molecular complexity index is 1210. The summed E-state index contributed by atoms with van der Waals surface area (Å²) in [6, 6.07) is 3.58. The van der Waals surface area contributed by atoms with Crippen LogP contribution in [0.15, 0.2) is 36.8 Å². The lowest BCUT2D eigenvalue weighted by atomic mass is 9.97. The molecule has 2 aromatic heterocycles. The van der Waals surface area contributed by atoms with Crippen LogP contribution >= 0.6 is 11.3 Å². The molecule has 2 aliphatic heterocycles. The molecule has 2 N–H and O–H groups in total. The van der Waals surface area contributed by atoms with E-state index in [2.05, 4.69) is 32.7 Å². The maximum atomic E-state index is 15.2. The number of likely N-dealkylation sites (tertiary alicyclic amines) is 1. The fourth-order valence-corrected chi connectivity index (χ4v) is 5.12. The zero-order valence-corrected chi connectivity index (χ0v) is 19.6. The molecule has 7 nitrogen and oxygen atoms in total. The summed E-state index contributed by atoms with van der Waals surface area (Å²) >= 11 is 1.43. The van der Waals surface area contributed by atoms with Gasteiger partial charge in [-0.1, -0.05) is 6.08 Å². The van der Waals surface area contributed by atoms with Gasteiger partial charge < -0.3 is 15.5 Å². The SMILES string of the molecule is Cc1ncc(NC(=O)C2=CCCNc3cc(F)c(-c4cnn(C5CCN(C)CC5)c4)cc32)s1. The molecule has 0 spiro atoms. The van der Waals surface area contributed by atoms with Crippen LogP contribution in [-0.4, -0.2) is 52.3 Å². The Kier molecular flexibility index (Phi) is 5.99. The molecule has 0 saturated carbocycles. The minimum absolute atomic E-state index is 0.219. The van der Waals surface area contributed by atoms with Gasteiger partial charge in [-0.05, 0) is 58.5 Å². The lowest BCUT2D eigenvalue weighted by Crippen LogP contribution is -2.31. The number of amides is 1. The van der Waals surface area contributed by atoms with E-state index >= 15 is 4.39 Å². The fraction of sp³-hybridized carbons (Fsp3) is 0.375. The van der Waals surface area contributed by atoms with Crippen LogP contribution in [0.3, 0.4) is 0 Å². The summed E-state index contributed by atoms with van der Waals surface area (Å²) < 4.78 is 17.1. The average molecular weight is 467 g/mol. The number of hydrogen-bond acceptors (Lipinski definition) is 6. The van der Waals surface area contributed by atoms with E-state index in [1.807, 2.05) is 23.9 Å². The lowest BCUT2D eigenvalue weighted by molar-refractivity contribution is -0.111. The van der Waals surface area contributed by atoms with Crippen LogP contribution in [0.5, 0.6) is 0 Å². The molecular weight excluding hydrogens is 439 g/mol. The van der Waals surface area contributed by atoms with Crippen LogP contribution in [0.25, 0.3) is 16.7 Å². The Balaban J connectivity index is 1.46. The molecule has 1 amide bonds. The molecule has 3 aromatic rings. The Hall–Kier alpha value is -3.04. The van der Waals surface area contributed by atoms with Gasteiger partial charge in [0.25, 0.3) is 5.91 Å². The molecule has 4 heterocycles. The Morgan fingerprint density at radius 3 is 2.82 bits per heavy atom. The van der Waals surface area contributed by atoms with Gasteiger partial charge in [-0.15, -0.1) is 11.3 Å². The first-order valence-corrected chi connectivity index (χ1v) is 12.0. The van der Waals surface area contributed by atoms with Crippen LogP contribution in [0.2, 0.25) is 0 Å². The van der Waals surface area contributed by atoms with Gasteiger partial charge in [0.15, 0.2) is 0 Å². The normalized spacial score (nSPS) is 17.1. The smallest absolute Gasteiger partial charge is 0.256 e. The fourth-order valence-electron chi connectivity index (χ4n) is 4.45. The van der Waals surface area contributed by atoms with Crippen molar-refractivity contribution < 1.29 is 9.18 Å². The van der Waals surface area contributed by atoms with Crippen molar-refractivity contribution in [3.05, 3.63) is 53.2 Å². The molecule has 1 aromatic carbocycles. The van der Waals surface area contributed by atoms with E-state index in [9.17, 15) is 4.79 Å². The molecule has 0 bridgehead atoms. The molecule has 9 heteroatoms. The molecule has 0 aliphatic carbocycles. The highest BCUT2D eigenvalue weighted by Gasteiger charge is 2.23. The zero-order chi connectivity index (χ0) is 22.9. The van der Waals surface area contributed by atoms with Gasteiger partial charge in [-0.25, -0.2) is 9.37 Å². The molecular formula is C24H27FN6OS. The summed E-state index contributed by atoms with van der Waals surface area (Å²) in [7, 11) is 2.13. The van der Waals surface area contributed by atoms with Crippen LogP contribution in [0.4, 0.5) is 15.1 Å². The standard InChI is InChI=1S/C24H27FN6OS/c1-15-27-13-23(33-15)29-24(32)18-4-3-7-26-22-11-21(25)19(10-20(18)22)16-12-28-31(14-16)17-5-8-30(2)9-6-17/h4,10-14,17,26H,3,5-9H2,1-2H3,(H,29,32). The van der Waals surface area contributed by atoms with Gasteiger partial charge in [0, 0.05) is 40.7 Å². The number of fused-ring (bicyclic) bond motifs is 1. The number of thiazole rings is 1. The van der Waals surface area contributed by atoms with Gasteiger partial charge in [0.1, 0.15) is 10.8 Å². The molecule has 33 heavy (non-hydrogen) atoms. The zero-order valence-electron chi connectivity index (χ0n) is 18.8. The summed E-state index contributed by atoms with van der Waals surface area (Å²) in [5.41, 5.74) is 3.01. The number of aryl methyl sites for hydroxylation is 1. The quantitative estimate of drug-likeness (QED) is 0.590. The molecule has 0 atom stereocenters. The topological polar surface area (TPSA) is 75.1 Å². The summed E-state index contributed by atoms with van der Waals surface area (Å²) in [5, 5.41) is 12.3. The van der Waals surface area contributed by atoms with Gasteiger partial charge in [0.05, 0.1) is 23.4 Å². The van der Waals surface area contributed by atoms with E-state index < -0.39 is 0 Å². The third-order valence-electron chi connectivity index (χ3n) is 6.28. The van der Waals surface area contributed by atoms with Gasteiger partial charge in [-0.2, -0.15) is 5.10 Å². The van der Waals surface area contributed by atoms with Crippen molar-refractivity contribution in [3.63, 3.8) is 0 Å². The Morgan fingerprint density at radius 2 is 2.06 bits per heavy atom. The number of rotatable bonds is 4. The highest BCUT2D eigenvalue weighted by molar-refractivity contribution is 7.15. The molecule has 0 radical (unpaired) electrons. The number of hydrogen-bond donors (Lipinski definition) is 2. The largest absolute Gasteiger partial charge is 0.384 e. The predicted molar refractivity (Wildman–Crippen MR) is 130 cm³/mol. The Morgan fingerprint density at radius 1 is 1.24 bits per heavy atom. The van der Waals surface area contributed by atoms with Gasteiger partial charge in [-0.3, -0.25) is 9.48 Å². The van der Waals surface area contributed by atoms with Crippen LogP contribution < -0.4 is 10.6 Å². The van der Waals surface area contributed by atoms with Crippen molar-refractivity contribution in [2.24, 2.45) is 0 Å². The van der Waals surface area contributed by atoms with Gasteiger partial charge in [0.2, 0.25) is 0 Å². The minimum atomic E-state index is -0.330. The number of aromatic nitrogens is 3. The van der Waals surface area contributed by atoms with Crippen molar-refractivity contribution in [2.45, 2.75) is 32.2 Å². The second kappa shape index (κ2) is 9.07. The number of nitrogens with zero attached hydrogens (tertiary/aromatic N) is 4. The number of benzene rings is 1. The van der Waals surface area contributed by atoms with Crippen LogP contribution in [0, 0.1) is 12.7 Å². The van der Waals surface area contributed by atoms with Crippen LogP contribution in [0.1, 0.15) is 35.9 Å². The van der Waals surface area contributed by atoms with Crippen molar-refractivity contribution >= 4 is 33.5 Å². The Labute approximate surface area is 196 Å². The summed E-state index contributed by atoms with van der Waals surface area (Å²) in [5.74, 6) is -0.549. The van der Waals surface area contributed by atoms with Crippen molar-refractivity contribution in [1.82, 2.24) is 19.7 Å². The molecule has 1 saturated heterocycles. The number of carbonyl (C=O) groups excluding carboxylic acids is 1. The first-order chi connectivity index (χ1) is 16.0. The van der Waals surface area contributed by atoms with Gasteiger partial charge >= 0.3 is 0 Å². The van der Waals surface area contributed by atoms with E-state index in [0.717, 1.165) is 36.5 Å². The predicted octanol–water partition coefficient (Wildman–Crippen LogP) is 4.56. The van der Waals surface area contributed by atoms with E-state index in [-0.39, 0.29) is 11.7 Å². The van der Waals surface area contributed by atoms with Crippen molar-refractivity contribution in [1.29, 1.82) is 0 Å². The second-order valence-electron chi connectivity index (χ2n) is 8.65. The number of piperidine rings is 1. The third-order valence-corrected chi connectivity index (χ3v) is 7.11. The van der Waals surface area contributed by atoms with E-state index in [4.69, 9.17) is 0 Å². The molecule has 5 rings (SSSR count). The summed E-state index contributed by atoms with van der Waals surface area (Å²) in [6.07, 6.45) is 9.93. The second-order valence-corrected chi connectivity index (χ2v) is 9.89. The van der Waals surface area contributed by atoms with E-state index in [1.165, 1.54) is 17.4 Å². The third kappa shape index (κ3) is 4.56. The summed E-state index contributed by atoms with van der Waals surface area (Å²) in [6.45, 7) is 4.59. The lowest BCUT2D eigenvalue weighted by Gasteiger charge is -2.28. The van der Waals surface area contributed by atoms with Crippen molar-refractivity contribution in [2.75, 3.05) is 37.3 Å². The van der Waals surface area contributed by atoms with Crippen LogP contribution in [-0.2, 0) is 4.79 Å². The minimum Gasteiger partial charge on any atom is -0.384 e. The van der Waals surface area contributed by atoms with Crippen molar-refractivity contribution in [3.8, 4) is 11.1 Å². The number of carbonyl (C=O) groups is 1. The first-order valence-electron chi connectivity index (χ1n) is 11.2.